The molecule has 4 aromatic rings. The van der Waals surface area contributed by atoms with Gasteiger partial charge >= 0.3 is 0 Å². The number of thiazole rings is 1. The summed E-state index contributed by atoms with van der Waals surface area (Å²) in [6.07, 6.45) is 6.23. The highest BCUT2D eigenvalue weighted by Crippen LogP contribution is 2.29. The predicted molar refractivity (Wildman–Crippen MR) is 125 cm³/mol. The Balaban J connectivity index is 1.59. The molecule has 8 nitrogen and oxygen atoms in total. The standard InChI is InChI=1S/C21H21BrN6O2S/c1-26(10-14-5-4-6-16(7-14)30-3)23-9-17-18(13-29)27(2)21-20(17)31-19(25-21)12-28-11-15(22)8-24-28/h4-9,11,13H,10,12H2,1-3H3/b23-9-. The maximum Gasteiger partial charge on any atom is 0.167 e. The molecule has 0 bridgehead atoms. The highest BCUT2D eigenvalue weighted by Gasteiger charge is 2.18. The molecule has 0 amide bonds. The van der Waals surface area contributed by atoms with Crippen LogP contribution in [0, 0.1) is 0 Å². The number of hydrazone groups is 1. The summed E-state index contributed by atoms with van der Waals surface area (Å²) < 4.78 is 10.8. The fourth-order valence-corrected chi connectivity index (χ4v) is 4.73. The van der Waals surface area contributed by atoms with Crippen molar-refractivity contribution in [3.63, 3.8) is 0 Å². The lowest BCUT2D eigenvalue weighted by Gasteiger charge is -2.13. The van der Waals surface area contributed by atoms with Crippen molar-refractivity contribution in [2.45, 2.75) is 13.1 Å². The van der Waals surface area contributed by atoms with E-state index in [0.29, 0.717) is 18.8 Å². The number of nitrogens with zero attached hydrogens (tertiary/aromatic N) is 6. The Hall–Kier alpha value is -2.98. The van der Waals surface area contributed by atoms with Gasteiger partial charge in [-0.2, -0.15) is 10.2 Å². The van der Waals surface area contributed by atoms with Gasteiger partial charge in [-0.25, -0.2) is 4.98 Å². The first kappa shape index (κ1) is 21.3. The average molecular weight is 501 g/mol. The molecule has 3 aromatic heterocycles. The maximum absolute atomic E-state index is 11.7. The van der Waals surface area contributed by atoms with Crippen LogP contribution in [0.25, 0.3) is 10.3 Å². The van der Waals surface area contributed by atoms with Crippen molar-refractivity contribution in [2.24, 2.45) is 12.1 Å². The number of aromatic nitrogens is 4. The normalized spacial score (nSPS) is 11.5. The van der Waals surface area contributed by atoms with Gasteiger partial charge in [-0.15, -0.1) is 11.3 Å². The Morgan fingerprint density at radius 3 is 2.94 bits per heavy atom. The zero-order valence-electron chi connectivity index (χ0n) is 17.3. The lowest BCUT2D eigenvalue weighted by atomic mass is 10.2. The Kier molecular flexibility index (Phi) is 6.19. The number of aldehydes is 1. The van der Waals surface area contributed by atoms with E-state index >= 15 is 0 Å². The van der Waals surface area contributed by atoms with E-state index in [9.17, 15) is 4.79 Å². The average Bonchev–Trinajstić information content (AvgIpc) is 3.42. The molecule has 0 N–H and O–H groups in total. The van der Waals surface area contributed by atoms with Gasteiger partial charge in [-0.3, -0.25) is 14.5 Å². The summed E-state index contributed by atoms with van der Waals surface area (Å²) in [6.45, 7) is 1.18. The van der Waals surface area contributed by atoms with Crippen LogP contribution in [0.15, 0.2) is 46.2 Å². The van der Waals surface area contributed by atoms with E-state index in [-0.39, 0.29) is 0 Å². The van der Waals surface area contributed by atoms with E-state index in [0.717, 1.165) is 43.0 Å². The zero-order valence-corrected chi connectivity index (χ0v) is 19.7. The first-order valence-electron chi connectivity index (χ1n) is 9.47. The van der Waals surface area contributed by atoms with Gasteiger partial charge in [-0.05, 0) is 33.6 Å². The van der Waals surface area contributed by atoms with Crippen LogP contribution in [0.5, 0.6) is 5.75 Å². The molecule has 0 fully saturated rings. The number of fused-ring (bicyclic) bond motifs is 1. The van der Waals surface area contributed by atoms with E-state index in [1.54, 1.807) is 30.9 Å². The molecule has 0 saturated carbocycles. The second kappa shape index (κ2) is 9.03. The largest absolute Gasteiger partial charge is 0.497 e. The summed E-state index contributed by atoms with van der Waals surface area (Å²) in [4.78, 5) is 16.5. The Labute approximate surface area is 191 Å². The zero-order chi connectivity index (χ0) is 22.0. The summed E-state index contributed by atoms with van der Waals surface area (Å²) in [5, 5.41) is 11.6. The molecule has 0 aliphatic rings. The minimum Gasteiger partial charge on any atom is -0.497 e. The Bertz CT molecular complexity index is 1260. The molecule has 0 aliphatic carbocycles. The van der Waals surface area contributed by atoms with Gasteiger partial charge < -0.3 is 9.30 Å². The van der Waals surface area contributed by atoms with Crippen LogP contribution in [0.4, 0.5) is 0 Å². The molecule has 0 unspecified atom stereocenters. The van der Waals surface area contributed by atoms with Crippen molar-refractivity contribution in [1.29, 1.82) is 0 Å². The van der Waals surface area contributed by atoms with E-state index in [4.69, 9.17) is 9.72 Å². The Morgan fingerprint density at radius 1 is 1.39 bits per heavy atom. The van der Waals surface area contributed by atoms with Crippen molar-refractivity contribution in [1.82, 2.24) is 24.3 Å². The second-order valence-electron chi connectivity index (χ2n) is 7.00. The van der Waals surface area contributed by atoms with Gasteiger partial charge in [0.05, 0.1) is 47.5 Å². The summed E-state index contributed by atoms with van der Waals surface area (Å²) in [5.41, 5.74) is 3.18. The van der Waals surface area contributed by atoms with E-state index in [2.05, 4.69) is 26.1 Å². The van der Waals surface area contributed by atoms with Crippen molar-refractivity contribution in [2.75, 3.05) is 14.2 Å². The molecular weight excluding hydrogens is 480 g/mol. The number of halogens is 1. The minimum absolute atomic E-state index is 0.556. The molecule has 0 aliphatic heterocycles. The number of aryl methyl sites for hydroxylation is 1. The predicted octanol–water partition coefficient (Wildman–Crippen LogP) is 3.93. The topological polar surface area (TPSA) is 77.5 Å². The number of carbonyl (C=O) groups is 1. The van der Waals surface area contributed by atoms with Gasteiger partial charge in [0.1, 0.15) is 10.8 Å². The van der Waals surface area contributed by atoms with Crippen LogP contribution >= 0.6 is 27.3 Å². The first-order chi connectivity index (χ1) is 15.0. The SMILES string of the molecule is COc1cccc(CN(C)/N=C\c2c(C=O)n(C)c3nc(Cn4cc(Br)cn4)sc23)c1. The molecule has 4 rings (SSSR count). The summed E-state index contributed by atoms with van der Waals surface area (Å²) >= 11 is 4.95. The van der Waals surface area contributed by atoms with Crippen LogP contribution in [0.1, 0.15) is 26.6 Å². The number of ether oxygens (including phenoxy) is 1. The fourth-order valence-electron chi connectivity index (χ4n) is 3.30. The third-order valence-electron chi connectivity index (χ3n) is 4.79. The third-order valence-corrected chi connectivity index (χ3v) is 6.27. The van der Waals surface area contributed by atoms with Gasteiger partial charge in [0.2, 0.25) is 0 Å². The summed E-state index contributed by atoms with van der Waals surface area (Å²) in [7, 11) is 5.39. The number of hydrogen-bond acceptors (Lipinski definition) is 7. The molecular formula is C21H21BrN6O2S. The number of hydrogen-bond donors (Lipinski definition) is 0. The molecule has 0 spiro atoms. The van der Waals surface area contributed by atoms with Crippen LogP contribution in [-0.4, -0.2) is 51.0 Å². The van der Waals surface area contributed by atoms with E-state index in [1.165, 1.54) is 0 Å². The van der Waals surface area contributed by atoms with Crippen LogP contribution in [0.3, 0.4) is 0 Å². The number of methoxy groups -OCH3 is 1. The smallest absolute Gasteiger partial charge is 0.167 e. The van der Waals surface area contributed by atoms with Crippen LogP contribution in [-0.2, 0) is 20.1 Å². The Morgan fingerprint density at radius 2 is 2.23 bits per heavy atom. The summed E-state index contributed by atoms with van der Waals surface area (Å²) in [6, 6.07) is 7.86. The first-order valence-corrected chi connectivity index (χ1v) is 11.1. The van der Waals surface area contributed by atoms with Crippen LogP contribution < -0.4 is 4.74 Å². The molecule has 1 aromatic carbocycles. The number of rotatable bonds is 8. The van der Waals surface area contributed by atoms with Crippen molar-refractivity contribution in [3.05, 3.63) is 63.0 Å². The number of benzene rings is 1. The van der Waals surface area contributed by atoms with Crippen molar-refractivity contribution in [3.8, 4) is 5.75 Å². The molecule has 160 valence electrons. The molecule has 3 heterocycles. The van der Waals surface area contributed by atoms with Crippen molar-refractivity contribution >= 4 is 50.1 Å². The lowest BCUT2D eigenvalue weighted by Crippen LogP contribution is -2.11. The van der Waals surface area contributed by atoms with Crippen molar-refractivity contribution < 1.29 is 9.53 Å². The summed E-state index contributed by atoms with van der Waals surface area (Å²) in [5.74, 6) is 0.810. The van der Waals surface area contributed by atoms with Gasteiger partial charge in [0, 0.05) is 25.9 Å². The van der Waals surface area contributed by atoms with Gasteiger partial charge in [0.15, 0.2) is 11.9 Å². The fraction of sp³-hybridized carbons (Fsp3) is 0.238. The van der Waals surface area contributed by atoms with Gasteiger partial charge in [0.25, 0.3) is 0 Å². The molecule has 0 radical (unpaired) electrons. The quantitative estimate of drug-likeness (QED) is 0.208. The van der Waals surface area contributed by atoms with Crippen LogP contribution in [0.2, 0.25) is 0 Å². The van der Waals surface area contributed by atoms with E-state index < -0.39 is 0 Å². The molecule has 31 heavy (non-hydrogen) atoms. The molecule has 0 saturated heterocycles. The highest BCUT2D eigenvalue weighted by atomic mass is 79.9. The minimum atomic E-state index is 0.556. The van der Waals surface area contributed by atoms with Gasteiger partial charge in [-0.1, -0.05) is 12.1 Å². The molecule has 0 atom stereocenters. The molecule has 10 heteroatoms. The monoisotopic (exact) mass is 500 g/mol. The third kappa shape index (κ3) is 4.54. The highest BCUT2D eigenvalue weighted by molar-refractivity contribution is 9.10. The van der Waals surface area contributed by atoms with E-state index in [1.807, 2.05) is 58.8 Å². The lowest BCUT2D eigenvalue weighted by molar-refractivity contribution is 0.111. The second-order valence-corrected chi connectivity index (χ2v) is 9.00. The number of carbonyl (C=O) groups excluding carboxylic acids is 1. The maximum atomic E-state index is 11.7.